The van der Waals surface area contributed by atoms with Gasteiger partial charge in [0.2, 0.25) is 0 Å². The lowest BCUT2D eigenvalue weighted by Crippen LogP contribution is -1.96. The van der Waals surface area contributed by atoms with Crippen LogP contribution in [0, 0.1) is 0 Å². The van der Waals surface area contributed by atoms with Gasteiger partial charge in [0.1, 0.15) is 5.69 Å². The Morgan fingerprint density at radius 3 is 2.88 bits per heavy atom. The van der Waals surface area contributed by atoms with Crippen LogP contribution in [0.4, 0.5) is 5.69 Å². The molecule has 0 fully saturated rings. The van der Waals surface area contributed by atoms with Crippen LogP contribution in [0.25, 0.3) is 10.6 Å². The summed E-state index contributed by atoms with van der Waals surface area (Å²) in [5.41, 5.74) is 9.32. The number of nitrogens with two attached hydrogens (primary N) is 1. The highest BCUT2D eigenvalue weighted by Gasteiger charge is 2.17. The van der Waals surface area contributed by atoms with E-state index in [1.165, 1.54) is 36.1 Å². The zero-order valence-corrected chi connectivity index (χ0v) is 10.2. The standard InChI is InChI=1S/C12H15N3S/c1-15-12(9(13)7-14-15)11-6-8-4-2-3-5-10(8)16-11/h6-7H,2-5,13H2,1H3. The fourth-order valence-corrected chi connectivity index (χ4v) is 3.72. The van der Waals surface area contributed by atoms with E-state index in [0.717, 1.165) is 11.4 Å². The number of anilines is 1. The largest absolute Gasteiger partial charge is 0.396 e. The molecule has 0 saturated heterocycles. The minimum absolute atomic E-state index is 0.779. The van der Waals surface area contributed by atoms with Gasteiger partial charge in [-0.2, -0.15) is 5.10 Å². The molecule has 0 radical (unpaired) electrons. The summed E-state index contributed by atoms with van der Waals surface area (Å²) in [6, 6.07) is 2.30. The number of aromatic nitrogens is 2. The van der Waals surface area contributed by atoms with Crippen LogP contribution in [0.15, 0.2) is 12.3 Å². The topological polar surface area (TPSA) is 43.8 Å². The maximum atomic E-state index is 5.95. The molecule has 0 aliphatic heterocycles. The number of rotatable bonds is 1. The number of hydrogen-bond donors (Lipinski definition) is 1. The third-order valence-electron chi connectivity index (χ3n) is 3.20. The molecule has 3 rings (SSSR count). The fourth-order valence-electron chi connectivity index (χ4n) is 2.36. The van der Waals surface area contributed by atoms with Crippen molar-refractivity contribution in [3.05, 3.63) is 22.7 Å². The van der Waals surface area contributed by atoms with Gasteiger partial charge in [0.25, 0.3) is 0 Å². The van der Waals surface area contributed by atoms with Crippen molar-refractivity contribution >= 4 is 17.0 Å². The minimum Gasteiger partial charge on any atom is -0.396 e. The van der Waals surface area contributed by atoms with Crippen LogP contribution >= 0.6 is 11.3 Å². The monoisotopic (exact) mass is 233 g/mol. The van der Waals surface area contributed by atoms with Crippen molar-refractivity contribution in [2.24, 2.45) is 7.05 Å². The first-order valence-corrected chi connectivity index (χ1v) is 6.47. The minimum atomic E-state index is 0.779. The molecule has 0 bridgehead atoms. The predicted molar refractivity (Wildman–Crippen MR) is 67.6 cm³/mol. The summed E-state index contributed by atoms with van der Waals surface area (Å²) in [6.07, 6.45) is 6.84. The zero-order valence-electron chi connectivity index (χ0n) is 9.36. The number of nitrogens with zero attached hydrogens (tertiary/aromatic N) is 2. The Labute approximate surface area is 98.9 Å². The quantitative estimate of drug-likeness (QED) is 0.822. The normalized spacial score (nSPS) is 15.1. The summed E-state index contributed by atoms with van der Waals surface area (Å²) in [7, 11) is 1.95. The molecular weight excluding hydrogens is 218 g/mol. The van der Waals surface area contributed by atoms with Gasteiger partial charge < -0.3 is 5.73 Å². The van der Waals surface area contributed by atoms with Crippen LogP contribution < -0.4 is 5.73 Å². The van der Waals surface area contributed by atoms with Crippen LogP contribution in [0.5, 0.6) is 0 Å². The molecule has 0 aromatic carbocycles. The average molecular weight is 233 g/mol. The summed E-state index contributed by atoms with van der Waals surface area (Å²) in [5, 5.41) is 4.20. The number of hydrogen-bond acceptors (Lipinski definition) is 3. The van der Waals surface area contributed by atoms with Gasteiger partial charge in [0.15, 0.2) is 0 Å². The van der Waals surface area contributed by atoms with Crippen molar-refractivity contribution in [2.45, 2.75) is 25.7 Å². The highest BCUT2D eigenvalue weighted by molar-refractivity contribution is 7.15. The average Bonchev–Trinajstić information content (AvgIpc) is 2.82. The van der Waals surface area contributed by atoms with E-state index in [-0.39, 0.29) is 0 Å². The molecule has 0 unspecified atom stereocenters. The lowest BCUT2D eigenvalue weighted by molar-refractivity contribution is 0.697. The van der Waals surface area contributed by atoms with Gasteiger partial charge in [0.05, 0.1) is 16.8 Å². The first-order valence-electron chi connectivity index (χ1n) is 5.65. The van der Waals surface area contributed by atoms with Gasteiger partial charge in [-0.15, -0.1) is 11.3 Å². The molecule has 0 amide bonds. The molecule has 4 heteroatoms. The van der Waals surface area contributed by atoms with Gasteiger partial charge in [-0.05, 0) is 37.3 Å². The molecule has 0 saturated carbocycles. The van der Waals surface area contributed by atoms with Crippen molar-refractivity contribution in [1.29, 1.82) is 0 Å². The molecule has 0 atom stereocenters. The van der Waals surface area contributed by atoms with E-state index in [2.05, 4.69) is 11.2 Å². The van der Waals surface area contributed by atoms with E-state index in [0.29, 0.717) is 0 Å². The first-order chi connectivity index (χ1) is 7.75. The predicted octanol–water partition coefficient (Wildman–Crippen LogP) is 2.61. The molecule has 16 heavy (non-hydrogen) atoms. The summed E-state index contributed by atoms with van der Waals surface area (Å²) in [6.45, 7) is 0. The smallest absolute Gasteiger partial charge is 0.101 e. The molecule has 1 aliphatic rings. The van der Waals surface area contributed by atoms with E-state index in [1.54, 1.807) is 11.1 Å². The van der Waals surface area contributed by atoms with Crippen LogP contribution in [0.2, 0.25) is 0 Å². The van der Waals surface area contributed by atoms with Crippen molar-refractivity contribution in [2.75, 3.05) is 5.73 Å². The molecule has 2 aromatic rings. The summed E-state index contributed by atoms with van der Waals surface area (Å²) >= 11 is 1.88. The maximum Gasteiger partial charge on any atom is 0.101 e. The van der Waals surface area contributed by atoms with E-state index in [9.17, 15) is 0 Å². The van der Waals surface area contributed by atoms with E-state index >= 15 is 0 Å². The number of thiophene rings is 1. The SMILES string of the molecule is Cn1ncc(N)c1-c1cc2c(s1)CCCC2. The lowest BCUT2D eigenvalue weighted by Gasteiger charge is -2.08. The molecule has 84 valence electrons. The summed E-state index contributed by atoms with van der Waals surface area (Å²) < 4.78 is 1.87. The highest BCUT2D eigenvalue weighted by Crippen LogP contribution is 2.37. The summed E-state index contributed by atoms with van der Waals surface area (Å²) in [4.78, 5) is 2.81. The Morgan fingerprint density at radius 2 is 2.19 bits per heavy atom. The van der Waals surface area contributed by atoms with E-state index in [4.69, 9.17) is 5.73 Å². The van der Waals surface area contributed by atoms with Gasteiger partial charge in [-0.1, -0.05) is 0 Å². The Kier molecular flexibility index (Phi) is 2.24. The lowest BCUT2D eigenvalue weighted by atomic mass is 9.99. The Balaban J connectivity index is 2.10. The zero-order chi connectivity index (χ0) is 11.1. The molecule has 2 aromatic heterocycles. The van der Waals surface area contributed by atoms with Crippen LogP contribution in [0.1, 0.15) is 23.3 Å². The second-order valence-corrected chi connectivity index (χ2v) is 5.48. The van der Waals surface area contributed by atoms with Crippen LogP contribution in [0.3, 0.4) is 0 Å². The molecule has 3 nitrogen and oxygen atoms in total. The Hall–Kier alpha value is -1.29. The second-order valence-electron chi connectivity index (χ2n) is 4.34. The van der Waals surface area contributed by atoms with Gasteiger partial charge in [-0.3, -0.25) is 4.68 Å². The molecular formula is C12H15N3S. The Bertz CT molecular complexity index is 481. The highest BCUT2D eigenvalue weighted by atomic mass is 32.1. The second kappa shape index (κ2) is 3.63. The molecule has 2 heterocycles. The van der Waals surface area contributed by atoms with Crippen molar-refractivity contribution in [3.8, 4) is 10.6 Å². The molecule has 0 spiro atoms. The molecule has 1 aliphatic carbocycles. The fraction of sp³-hybridized carbons (Fsp3) is 0.417. The summed E-state index contributed by atoms with van der Waals surface area (Å²) in [5.74, 6) is 0. The Morgan fingerprint density at radius 1 is 1.38 bits per heavy atom. The third kappa shape index (κ3) is 1.45. The van der Waals surface area contributed by atoms with Crippen LogP contribution in [-0.2, 0) is 19.9 Å². The number of fused-ring (bicyclic) bond motifs is 1. The van der Waals surface area contributed by atoms with Crippen molar-refractivity contribution in [1.82, 2.24) is 9.78 Å². The first kappa shape index (κ1) is 9.90. The van der Waals surface area contributed by atoms with E-state index < -0.39 is 0 Å². The van der Waals surface area contributed by atoms with E-state index in [1.807, 2.05) is 23.1 Å². The van der Waals surface area contributed by atoms with Gasteiger partial charge >= 0.3 is 0 Å². The van der Waals surface area contributed by atoms with Gasteiger partial charge in [0, 0.05) is 11.9 Å². The number of aryl methyl sites for hydroxylation is 3. The van der Waals surface area contributed by atoms with Crippen LogP contribution in [-0.4, -0.2) is 9.78 Å². The maximum absolute atomic E-state index is 5.95. The van der Waals surface area contributed by atoms with Crippen molar-refractivity contribution in [3.63, 3.8) is 0 Å². The third-order valence-corrected chi connectivity index (χ3v) is 4.44. The molecule has 2 N–H and O–H groups in total. The number of nitrogen functional groups attached to an aromatic ring is 1. The van der Waals surface area contributed by atoms with Crippen molar-refractivity contribution < 1.29 is 0 Å². The van der Waals surface area contributed by atoms with Gasteiger partial charge in [-0.25, -0.2) is 0 Å².